The fraction of sp³-hybridized carbons (Fsp3) is 0.333. The maximum atomic E-state index is 8.68. The molecule has 0 unspecified atom stereocenters. The van der Waals surface area contributed by atoms with Crippen molar-refractivity contribution >= 4 is 0 Å². The lowest BCUT2D eigenvalue weighted by Gasteiger charge is -2.21. The Morgan fingerprint density at radius 2 is 1.92 bits per heavy atom. The van der Waals surface area contributed by atoms with Crippen molar-refractivity contribution in [3.63, 3.8) is 0 Å². The molecule has 1 radical (unpaired) electrons. The van der Waals surface area contributed by atoms with Gasteiger partial charge in [-0.3, -0.25) is 0 Å². The van der Waals surface area contributed by atoms with Crippen molar-refractivity contribution in [1.29, 1.82) is 5.26 Å². The summed E-state index contributed by atoms with van der Waals surface area (Å²) in [5.74, 6) is 0. The lowest BCUT2D eigenvalue weighted by molar-refractivity contribution is 0.588. The van der Waals surface area contributed by atoms with Gasteiger partial charge in [0, 0.05) is 0 Å². The highest BCUT2D eigenvalue weighted by molar-refractivity contribution is 5.42. The van der Waals surface area contributed by atoms with Crippen LogP contribution in [0.5, 0.6) is 0 Å². The van der Waals surface area contributed by atoms with Crippen LogP contribution in [0.15, 0.2) is 18.2 Å². The number of hydrogen-bond donors (Lipinski definition) is 0. The molecule has 0 heterocycles. The molecule has 0 amide bonds. The lowest BCUT2D eigenvalue weighted by Crippen LogP contribution is -2.12. The van der Waals surface area contributed by atoms with E-state index in [1.807, 2.05) is 18.2 Å². The molecule has 1 rings (SSSR count). The molecule has 0 atom stereocenters. The van der Waals surface area contributed by atoms with Gasteiger partial charge in [-0.1, -0.05) is 26.8 Å². The third-order valence-corrected chi connectivity index (χ3v) is 2.04. The molecule has 0 N–H and O–H groups in total. The van der Waals surface area contributed by atoms with Gasteiger partial charge in [0.1, 0.15) is 0 Å². The van der Waals surface area contributed by atoms with Crippen LogP contribution in [0, 0.1) is 18.3 Å². The van der Waals surface area contributed by atoms with Crippen molar-refractivity contribution in [2.24, 2.45) is 0 Å². The van der Waals surface area contributed by atoms with E-state index in [1.165, 1.54) is 5.56 Å². The average molecular weight is 172 g/mol. The summed E-state index contributed by atoms with van der Waals surface area (Å²) < 4.78 is 0. The number of rotatable bonds is 0. The standard InChI is InChI=1S/C12H14N/c1-9-7-10(8-13)5-6-11(9)12(2,3)4/h5-7H,1H2,2-4H3. The van der Waals surface area contributed by atoms with Crippen LogP contribution in [0.25, 0.3) is 0 Å². The second-order valence-electron chi connectivity index (χ2n) is 4.23. The summed E-state index contributed by atoms with van der Waals surface area (Å²) >= 11 is 0. The molecule has 1 aromatic carbocycles. The molecule has 0 saturated carbocycles. The van der Waals surface area contributed by atoms with Crippen LogP contribution in [0.1, 0.15) is 37.5 Å². The fourth-order valence-electron chi connectivity index (χ4n) is 1.39. The van der Waals surface area contributed by atoms with Crippen LogP contribution >= 0.6 is 0 Å². The zero-order valence-corrected chi connectivity index (χ0v) is 8.39. The molecule has 1 aromatic rings. The van der Waals surface area contributed by atoms with Crippen molar-refractivity contribution in [3.05, 3.63) is 41.8 Å². The normalized spacial score (nSPS) is 11.0. The Bertz CT molecular complexity index is 350. The molecule has 0 bridgehead atoms. The minimum absolute atomic E-state index is 0.102. The Hall–Kier alpha value is -1.29. The molecule has 0 aliphatic carbocycles. The summed E-state index contributed by atoms with van der Waals surface area (Å²) in [7, 11) is 0. The van der Waals surface area contributed by atoms with Gasteiger partial charge < -0.3 is 0 Å². The minimum atomic E-state index is 0.102. The van der Waals surface area contributed by atoms with E-state index in [2.05, 4.69) is 33.8 Å². The number of benzene rings is 1. The first-order chi connectivity index (χ1) is 5.95. The van der Waals surface area contributed by atoms with Gasteiger partial charge in [0.25, 0.3) is 0 Å². The summed E-state index contributed by atoms with van der Waals surface area (Å²) in [4.78, 5) is 0. The third kappa shape index (κ3) is 2.09. The number of nitriles is 1. The second kappa shape index (κ2) is 3.22. The molecular formula is C12H14N. The zero-order chi connectivity index (χ0) is 10.1. The Morgan fingerprint density at radius 1 is 1.31 bits per heavy atom. The highest BCUT2D eigenvalue weighted by Gasteiger charge is 2.15. The molecule has 0 saturated heterocycles. The predicted octanol–water partition coefficient (Wildman–Crippen LogP) is 3.04. The average Bonchev–Trinajstić information content (AvgIpc) is 2.01. The van der Waals surface area contributed by atoms with E-state index >= 15 is 0 Å². The molecule has 0 aliphatic heterocycles. The molecular weight excluding hydrogens is 158 g/mol. The van der Waals surface area contributed by atoms with E-state index in [9.17, 15) is 0 Å². The maximum Gasteiger partial charge on any atom is 0.0991 e. The third-order valence-electron chi connectivity index (χ3n) is 2.04. The van der Waals surface area contributed by atoms with E-state index in [1.54, 1.807) is 0 Å². The highest BCUT2D eigenvalue weighted by Crippen LogP contribution is 2.25. The van der Waals surface area contributed by atoms with Crippen LogP contribution in [-0.2, 0) is 5.41 Å². The Balaban J connectivity index is 3.23. The molecule has 13 heavy (non-hydrogen) atoms. The van der Waals surface area contributed by atoms with E-state index in [0.29, 0.717) is 5.56 Å². The summed E-state index contributed by atoms with van der Waals surface area (Å²) in [6.07, 6.45) is 0. The van der Waals surface area contributed by atoms with Crippen LogP contribution in [0.2, 0.25) is 0 Å². The fourth-order valence-corrected chi connectivity index (χ4v) is 1.39. The Morgan fingerprint density at radius 3 is 2.31 bits per heavy atom. The van der Waals surface area contributed by atoms with Crippen molar-refractivity contribution in [3.8, 4) is 6.07 Å². The van der Waals surface area contributed by atoms with Crippen LogP contribution in [0.4, 0.5) is 0 Å². The topological polar surface area (TPSA) is 23.8 Å². The van der Waals surface area contributed by atoms with Crippen molar-refractivity contribution in [2.75, 3.05) is 0 Å². The van der Waals surface area contributed by atoms with Gasteiger partial charge in [-0.15, -0.1) is 0 Å². The molecule has 1 heteroatoms. The second-order valence-corrected chi connectivity index (χ2v) is 4.23. The first kappa shape index (κ1) is 9.80. The van der Waals surface area contributed by atoms with Gasteiger partial charge in [0.2, 0.25) is 0 Å². The van der Waals surface area contributed by atoms with E-state index in [0.717, 1.165) is 5.56 Å². The maximum absolute atomic E-state index is 8.68. The summed E-state index contributed by atoms with van der Waals surface area (Å²) in [5, 5.41) is 8.68. The molecule has 1 nitrogen and oxygen atoms in total. The molecule has 67 valence electrons. The number of nitrogens with zero attached hydrogens (tertiary/aromatic N) is 1. The number of hydrogen-bond acceptors (Lipinski definition) is 1. The van der Waals surface area contributed by atoms with Crippen molar-refractivity contribution in [2.45, 2.75) is 26.2 Å². The van der Waals surface area contributed by atoms with Gasteiger partial charge in [0.15, 0.2) is 0 Å². The van der Waals surface area contributed by atoms with Crippen LogP contribution < -0.4 is 0 Å². The first-order valence-electron chi connectivity index (χ1n) is 4.32. The van der Waals surface area contributed by atoms with Gasteiger partial charge in [-0.05, 0) is 35.6 Å². The molecule has 0 spiro atoms. The highest BCUT2D eigenvalue weighted by atomic mass is 14.2. The largest absolute Gasteiger partial charge is 0.192 e. The van der Waals surface area contributed by atoms with Gasteiger partial charge in [-0.2, -0.15) is 5.26 Å². The van der Waals surface area contributed by atoms with E-state index in [4.69, 9.17) is 5.26 Å². The monoisotopic (exact) mass is 172 g/mol. The SMILES string of the molecule is [CH2]c1cc(C#N)ccc1C(C)(C)C. The van der Waals surface area contributed by atoms with Gasteiger partial charge in [-0.25, -0.2) is 0 Å². The predicted molar refractivity (Wildman–Crippen MR) is 54.3 cm³/mol. The van der Waals surface area contributed by atoms with Crippen LogP contribution in [-0.4, -0.2) is 0 Å². The first-order valence-corrected chi connectivity index (χ1v) is 4.32. The molecule has 0 aliphatic rings. The van der Waals surface area contributed by atoms with Gasteiger partial charge in [0.05, 0.1) is 11.6 Å². The summed E-state index contributed by atoms with van der Waals surface area (Å²) in [5.41, 5.74) is 2.93. The zero-order valence-electron chi connectivity index (χ0n) is 8.39. The smallest absolute Gasteiger partial charge is 0.0991 e. The van der Waals surface area contributed by atoms with E-state index < -0.39 is 0 Å². The van der Waals surface area contributed by atoms with Crippen LogP contribution in [0.3, 0.4) is 0 Å². The quantitative estimate of drug-likeness (QED) is 0.590. The van der Waals surface area contributed by atoms with Crippen molar-refractivity contribution in [1.82, 2.24) is 0 Å². The summed E-state index contributed by atoms with van der Waals surface area (Å²) in [6.45, 7) is 10.4. The van der Waals surface area contributed by atoms with E-state index in [-0.39, 0.29) is 5.41 Å². The summed E-state index contributed by atoms with van der Waals surface area (Å²) in [6, 6.07) is 7.77. The van der Waals surface area contributed by atoms with Crippen molar-refractivity contribution < 1.29 is 0 Å². The Kier molecular flexibility index (Phi) is 2.43. The molecule has 0 fully saturated rings. The minimum Gasteiger partial charge on any atom is -0.192 e. The Labute approximate surface area is 80.0 Å². The van der Waals surface area contributed by atoms with Gasteiger partial charge >= 0.3 is 0 Å². The molecule has 0 aromatic heterocycles. The lowest BCUT2D eigenvalue weighted by atomic mass is 9.83.